The number of rotatable bonds is 4. The lowest BCUT2D eigenvalue weighted by atomic mass is 9.72. The van der Waals surface area contributed by atoms with Gasteiger partial charge in [0, 0.05) is 32.9 Å². The fourth-order valence-corrected chi connectivity index (χ4v) is 4.37. The van der Waals surface area contributed by atoms with Crippen LogP contribution in [0.15, 0.2) is 47.4 Å². The van der Waals surface area contributed by atoms with Crippen molar-refractivity contribution >= 4 is 12.6 Å². The van der Waals surface area contributed by atoms with Gasteiger partial charge < -0.3 is 20.4 Å². The maximum atomic E-state index is 10.8. The highest BCUT2D eigenvalue weighted by Crippen LogP contribution is 2.46. The highest BCUT2D eigenvalue weighted by atomic mass is 32.1. The van der Waals surface area contributed by atoms with Gasteiger partial charge in [-0.3, -0.25) is 0 Å². The van der Waals surface area contributed by atoms with E-state index < -0.39 is 10.8 Å². The molecule has 4 nitrogen and oxygen atoms in total. The largest absolute Gasteiger partial charge is 0.508 e. The number of benzene rings is 3. The average Bonchev–Trinajstić information content (AvgIpc) is 2.67. The second-order valence-electron chi connectivity index (χ2n) is 9.30. The van der Waals surface area contributed by atoms with Crippen LogP contribution in [0.1, 0.15) is 61.1 Å². The Balaban J connectivity index is 2.20. The van der Waals surface area contributed by atoms with Crippen molar-refractivity contribution in [3.63, 3.8) is 0 Å². The third-order valence-electron chi connectivity index (χ3n) is 6.38. The smallest absolute Gasteiger partial charge is 0.131 e. The first-order valence-corrected chi connectivity index (χ1v) is 10.6. The van der Waals surface area contributed by atoms with Gasteiger partial charge in [0.1, 0.15) is 23.0 Å². The third kappa shape index (κ3) is 3.94. The molecule has 0 bridgehead atoms. The van der Waals surface area contributed by atoms with Gasteiger partial charge in [0.2, 0.25) is 0 Å². The van der Waals surface area contributed by atoms with Gasteiger partial charge >= 0.3 is 0 Å². The quantitative estimate of drug-likeness (QED) is 0.320. The van der Waals surface area contributed by atoms with E-state index in [4.69, 9.17) is 0 Å². The highest BCUT2D eigenvalue weighted by molar-refractivity contribution is 7.80. The lowest BCUT2D eigenvalue weighted by molar-refractivity contribution is 0.424. The molecule has 0 radical (unpaired) electrons. The van der Waals surface area contributed by atoms with Crippen molar-refractivity contribution in [1.82, 2.24) is 0 Å². The zero-order valence-electron chi connectivity index (χ0n) is 18.8. The van der Waals surface area contributed by atoms with Crippen LogP contribution in [0.25, 0.3) is 0 Å². The predicted octanol–water partition coefficient (Wildman–Crippen LogP) is 6.07. The summed E-state index contributed by atoms with van der Waals surface area (Å²) in [4.78, 5) is 0.474. The van der Waals surface area contributed by atoms with Crippen LogP contribution in [0.4, 0.5) is 0 Å². The van der Waals surface area contributed by atoms with E-state index in [0.29, 0.717) is 21.6 Å². The van der Waals surface area contributed by atoms with E-state index in [-0.39, 0.29) is 23.0 Å². The molecule has 0 amide bonds. The Morgan fingerprint density at radius 2 is 1.13 bits per heavy atom. The van der Waals surface area contributed by atoms with Gasteiger partial charge in [-0.05, 0) is 54.3 Å². The van der Waals surface area contributed by atoms with E-state index in [2.05, 4.69) is 12.6 Å². The van der Waals surface area contributed by atoms with Crippen LogP contribution >= 0.6 is 12.6 Å². The number of hydrogen-bond donors (Lipinski definition) is 5. The van der Waals surface area contributed by atoms with E-state index in [9.17, 15) is 20.4 Å². The molecule has 0 aliphatic rings. The van der Waals surface area contributed by atoms with E-state index in [1.54, 1.807) is 12.1 Å². The van der Waals surface area contributed by atoms with E-state index in [1.165, 1.54) is 6.07 Å². The van der Waals surface area contributed by atoms with E-state index in [0.717, 1.165) is 16.7 Å². The van der Waals surface area contributed by atoms with E-state index in [1.807, 2.05) is 65.8 Å². The fourth-order valence-electron chi connectivity index (χ4n) is 4.06. The number of phenolic OH excluding ortho intramolecular Hbond substituents is 4. The summed E-state index contributed by atoms with van der Waals surface area (Å²) in [6.45, 7) is 11.6. The molecule has 31 heavy (non-hydrogen) atoms. The monoisotopic (exact) mass is 438 g/mol. The summed E-state index contributed by atoms with van der Waals surface area (Å²) < 4.78 is 0. The summed E-state index contributed by atoms with van der Waals surface area (Å²) in [5.41, 5.74) is 3.40. The van der Waals surface area contributed by atoms with Crippen LogP contribution in [0, 0.1) is 13.8 Å². The summed E-state index contributed by atoms with van der Waals surface area (Å²) in [7, 11) is 0. The summed E-state index contributed by atoms with van der Waals surface area (Å²) in [5.74, 6) is 0.365. The van der Waals surface area contributed by atoms with Crippen LogP contribution in [-0.2, 0) is 10.8 Å². The number of hydrogen-bond acceptors (Lipinski definition) is 5. The Kier molecular flexibility index (Phi) is 5.70. The van der Waals surface area contributed by atoms with Gasteiger partial charge in [-0.2, -0.15) is 0 Å². The maximum Gasteiger partial charge on any atom is 0.131 e. The van der Waals surface area contributed by atoms with Crippen molar-refractivity contribution in [2.45, 2.75) is 57.3 Å². The second kappa shape index (κ2) is 7.72. The summed E-state index contributed by atoms with van der Waals surface area (Å²) >= 11 is 4.38. The Morgan fingerprint density at radius 3 is 1.65 bits per heavy atom. The van der Waals surface area contributed by atoms with Gasteiger partial charge in [0.25, 0.3) is 0 Å². The molecule has 3 aromatic rings. The Bertz CT molecular complexity index is 1140. The normalized spacial score (nSPS) is 12.2. The molecule has 0 aliphatic heterocycles. The zero-order valence-corrected chi connectivity index (χ0v) is 19.7. The minimum atomic E-state index is -0.622. The third-order valence-corrected chi connectivity index (χ3v) is 6.72. The van der Waals surface area contributed by atoms with Crippen molar-refractivity contribution in [2.24, 2.45) is 0 Å². The summed E-state index contributed by atoms with van der Waals surface area (Å²) in [6, 6.07) is 12.3. The summed E-state index contributed by atoms with van der Waals surface area (Å²) in [6.07, 6.45) is 0. The number of phenols is 4. The molecule has 0 saturated heterocycles. The fraction of sp³-hybridized carbons (Fsp3) is 0.308. The van der Waals surface area contributed by atoms with Gasteiger partial charge in [0.05, 0.1) is 0 Å². The minimum absolute atomic E-state index is 0.00421. The molecule has 0 aliphatic carbocycles. The van der Waals surface area contributed by atoms with Crippen molar-refractivity contribution in [1.29, 1.82) is 0 Å². The first-order chi connectivity index (χ1) is 14.3. The molecule has 4 N–H and O–H groups in total. The van der Waals surface area contributed by atoms with Crippen LogP contribution in [-0.4, -0.2) is 20.4 Å². The van der Waals surface area contributed by atoms with Crippen molar-refractivity contribution in [3.05, 3.63) is 75.8 Å². The van der Waals surface area contributed by atoms with Crippen LogP contribution in [0.3, 0.4) is 0 Å². The Hall–Kier alpha value is -2.79. The molecule has 0 atom stereocenters. The maximum absolute atomic E-state index is 10.8. The molecule has 5 heteroatoms. The highest BCUT2D eigenvalue weighted by Gasteiger charge is 2.33. The first kappa shape index (κ1) is 22.9. The molecule has 0 unspecified atom stereocenters. The molecule has 3 aromatic carbocycles. The van der Waals surface area contributed by atoms with Crippen molar-refractivity contribution in [2.75, 3.05) is 0 Å². The van der Waals surface area contributed by atoms with Crippen LogP contribution in [0.5, 0.6) is 23.0 Å². The number of thiol groups is 1. The van der Waals surface area contributed by atoms with E-state index >= 15 is 0 Å². The number of aromatic hydroxyl groups is 4. The van der Waals surface area contributed by atoms with Gasteiger partial charge in [-0.25, -0.2) is 0 Å². The topological polar surface area (TPSA) is 80.9 Å². The van der Waals surface area contributed by atoms with Gasteiger partial charge in [-0.15, -0.1) is 12.6 Å². The average molecular weight is 439 g/mol. The van der Waals surface area contributed by atoms with Crippen LogP contribution in [0.2, 0.25) is 0 Å². The van der Waals surface area contributed by atoms with Crippen LogP contribution < -0.4 is 0 Å². The lowest BCUT2D eigenvalue weighted by Crippen LogP contribution is -2.23. The Morgan fingerprint density at radius 1 is 0.613 bits per heavy atom. The minimum Gasteiger partial charge on any atom is -0.508 e. The second-order valence-corrected chi connectivity index (χ2v) is 9.78. The molecule has 0 saturated carbocycles. The first-order valence-electron chi connectivity index (χ1n) is 10.2. The predicted molar refractivity (Wildman–Crippen MR) is 127 cm³/mol. The molecular weight excluding hydrogens is 408 g/mol. The Labute approximate surface area is 189 Å². The summed E-state index contributed by atoms with van der Waals surface area (Å²) in [5, 5.41) is 41.5. The lowest BCUT2D eigenvalue weighted by Gasteiger charge is -2.32. The molecule has 0 fully saturated rings. The molecule has 0 spiro atoms. The standard InChI is InChI=1S/C26H30O4S/c1-14-9-16(7-8-20(14)27)25(3,4)18-12-19(22(29)13-21(18)28)26(5,6)17-10-15(2)24(30)23(31)11-17/h7-13,27-31H,1-6H3. The SMILES string of the molecule is Cc1cc(C(C)(C)c2cc(C(C)(C)c3cc(C)c(O)c(S)c3)c(O)cc2O)ccc1O. The molecular formula is C26H30O4S. The van der Waals surface area contributed by atoms with Crippen molar-refractivity contribution in [3.8, 4) is 23.0 Å². The number of aryl methyl sites for hydroxylation is 2. The van der Waals surface area contributed by atoms with Gasteiger partial charge in [-0.1, -0.05) is 45.9 Å². The molecule has 0 aromatic heterocycles. The molecule has 164 valence electrons. The zero-order chi connectivity index (χ0) is 23.3. The molecule has 3 rings (SSSR count). The molecule has 0 heterocycles. The van der Waals surface area contributed by atoms with Crippen molar-refractivity contribution < 1.29 is 20.4 Å². The van der Waals surface area contributed by atoms with Gasteiger partial charge in [0.15, 0.2) is 0 Å².